The molecule has 0 spiro atoms. The Morgan fingerprint density at radius 3 is 2.33 bits per heavy atom. The van der Waals surface area contributed by atoms with E-state index in [0.29, 0.717) is 17.9 Å². The van der Waals surface area contributed by atoms with E-state index in [9.17, 15) is 14.0 Å². The average molecular weight is 431 g/mol. The third-order valence-electron chi connectivity index (χ3n) is 5.21. The Kier molecular flexibility index (Phi) is 9.37. The van der Waals surface area contributed by atoms with Gasteiger partial charge in [-0.15, -0.1) is 11.8 Å². The summed E-state index contributed by atoms with van der Waals surface area (Å²) >= 11 is 1.36. The zero-order valence-electron chi connectivity index (χ0n) is 18.2. The molecule has 0 heterocycles. The molecule has 2 amide bonds. The fourth-order valence-electron chi connectivity index (χ4n) is 2.97. The first-order chi connectivity index (χ1) is 14.3. The molecule has 2 aromatic rings. The van der Waals surface area contributed by atoms with Crippen LogP contribution in [0.4, 0.5) is 4.39 Å². The van der Waals surface area contributed by atoms with Crippen molar-refractivity contribution in [2.45, 2.75) is 58.5 Å². The van der Waals surface area contributed by atoms with Crippen LogP contribution in [0.15, 0.2) is 48.5 Å². The van der Waals surface area contributed by atoms with Gasteiger partial charge in [0.05, 0.1) is 5.75 Å². The number of carbonyl (C=O) groups excluding carboxylic acids is 2. The first-order valence-electron chi connectivity index (χ1n) is 10.3. The molecule has 2 atom stereocenters. The van der Waals surface area contributed by atoms with Crippen molar-refractivity contribution in [2.24, 2.45) is 0 Å². The van der Waals surface area contributed by atoms with Gasteiger partial charge in [-0.3, -0.25) is 9.59 Å². The van der Waals surface area contributed by atoms with Gasteiger partial charge in [0.25, 0.3) is 0 Å². The highest BCUT2D eigenvalue weighted by molar-refractivity contribution is 7.99. The van der Waals surface area contributed by atoms with Crippen molar-refractivity contribution in [3.05, 3.63) is 71.0 Å². The number of amides is 2. The third kappa shape index (κ3) is 6.87. The molecule has 0 aliphatic carbocycles. The van der Waals surface area contributed by atoms with Crippen LogP contribution >= 0.6 is 11.8 Å². The number of rotatable bonds is 10. The van der Waals surface area contributed by atoms with Crippen molar-refractivity contribution >= 4 is 23.6 Å². The Hall–Kier alpha value is -2.34. The van der Waals surface area contributed by atoms with E-state index in [1.54, 1.807) is 30.0 Å². The molecule has 6 heteroatoms. The second-order valence-corrected chi connectivity index (χ2v) is 8.51. The minimum atomic E-state index is -0.597. The van der Waals surface area contributed by atoms with Gasteiger partial charge in [-0.25, -0.2) is 4.39 Å². The van der Waals surface area contributed by atoms with E-state index in [1.165, 1.54) is 17.8 Å². The Bertz CT molecular complexity index is 859. The quantitative estimate of drug-likeness (QED) is 0.594. The summed E-state index contributed by atoms with van der Waals surface area (Å²) in [6.45, 7) is 8.07. The number of benzene rings is 2. The second kappa shape index (κ2) is 11.7. The van der Waals surface area contributed by atoms with Gasteiger partial charge in [0.2, 0.25) is 11.8 Å². The van der Waals surface area contributed by atoms with Crippen LogP contribution in [0.1, 0.15) is 43.9 Å². The maximum Gasteiger partial charge on any atom is 0.242 e. The number of thioether (sulfide) groups is 1. The largest absolute Gasteiger partial charge is 0.352 e. The molecule has 0 unspecified atom stereocenters. The number of aryl methyl sites for hydroxylation is 1. The Labute approximate surface area is 183 Å². The monoisotopic (exact) mass is 430 g/mol. The molecular formula is C24H31FN2O2S. The summed E-state index contributed by atoms with van der Waals surface area (Å²) in [5.41, 5.74) is 2.65. The fourth-order valence-corrected chi connectivity index (χ4v) is 3.86. The van der Waals surface area contributed by atoms with E-state index in [-0.39, 0.29) is 29.4 Å². The second-order valence-electron chi connectivity index (χ2n) is 7.53. The van der Waals surface area contributed by atoms with Crippen LogP contribution in [0.3, 0.4) is 0 Å². The van der Waals surface area contributed by atoms with Crippen LogP contribution in [0, 0.1) is 12.7 Å². The molecule has 0 saturated carbocycles. The number of carbonyl (C=O) groups is 2. The molecule has 0 radical (unpaired) electrons. The molecular weight excluding hydrogens is 399 g/mol. The van der Waals surface area contributed by atoms with Gasteiger partial charge in [-0.05, 0) is 49.9 Å². The number of nitrogens with zero attached hydrogens (tertiary/aromatic N) is 1. The van der Waals surface area contributed by atoms with Crippen LogP contribution in [0.2, 0.25) is 0 Å². The lowest BCUT2D eigenvalue weighted by Crippen LogP contribution is -2.50. The lowest BCUT2D eigenvalue weighted by atomic mass is 10.1. The predicted octanol–water partition coefficient (Wildman–Crippen LogP) is 4.70. The van der Waals surface area contributed by atoms with Gasteiger partial charge < -0.3 is 10.2 Å². The van der Waals surface area contributed by atoms with Crippen molar-refractivity contribution < 1.29 is 14.0 Å². The first kappa shape index (κ1) is 23.9. The molecule has 0 aliphatic rings. The minimum absolute atomic E-state index is 0.0470. The Morgan fingerprint density at radius 2 is 1.70 bits per heavy atom. The number of hydrogen-bond donors (Lipinski definition) is 1. The molecule has 0 saturated heterocycles. The number of halogens is 1. The molecule has 30 heavy (non-hydrogen) atoms. The van der Waals surface area contributed by atoms with Crippen LogP contribution in [-0.2, 0) is 21.9 Å². The van der Waals surface area contributed by atoms with Crippen molar-refractivity contribution in [2.75, 3.05) is 5.75 Å². The van der Waals surface area contributed by atoms with E-state index < -0.39 is 6.04 Å². The molecule has 1 N–H and O–H groups in total. The molecule has 162 valence electrons. The molecule has 2 rings (SSSR count). The van der Waals surface area contributed by atoms with Gasteiger partial charge in [-0.2, -0.15) is 0 Å². The van der Waals surface area contributed by atoms with Crippen molar-refractivity contribution in [1.82, 2.24) is 10.2 Å². The van der Waals surface area contributed by atoms with Gasteiger partial charge >= 0.3 is 0 Å². The SMILES string of the molecule is CC[C@H](C)NC(=O)[C@@H](C)N(Cc1ccccc1C)C(=O)CSCc1ccccc1F. The molecule has 0 aliphatic heterocycles. The van der Waals surface area contributed by atoms with Crippen molar-refractivity contribution in [1.29, 1.82) is 0 Å². The third-order valence-corrected chi connectivity index (χ3v) is 6.18. The van der Waals surface area contributed by atoms with Gasteiger partial charge in [0.15, 0.2) is 0 Å². The molecule has 0 aromatic heterocycles. The van der Waals surface area contributed by atoms with E-state index in [1.807, 2.05) is 45.0 Å². The van der Waals surface area contributed by atoms with Gasteiger partial charge in [-0.1, -0.05) is 49.4 Å². The van der Waals surface area contributed by atoms with E-state index >= 15 is 0 Å². The first-order valence-corrected chi connectivity index (χ1v) is 11.4. The minimum Gasteiger partial charge on any atom is -0.352 e. The highest BCUT2D eigenvalue weighted by Gasteiger charge is 2.27. The van der Waals surface area contributed by atoms with E-state index in [0.717, 1.165) is 17.5 Å². The van der Waals surface area contributed by atoms with Crippen LogP contribution < -0.4 is 5.32 Å². The lowest BCUT2D eigenvalue weighted by Gasteiger charge is -2.30. The summed E-state index contributed by atoms with van der Waals surface area (Å²) in [7, 11) is 0. The smallest absolute Gasteiger partial charge is 0.242 e. The lowest BCUT2D eigenvalue weighted by molar-refractivity contribution is -0.138. The van der Waals surface area contributed by atoms with E-state index in [2.05, 4.69) is 5.32 Å². The predicted molar refractivity (Wildman–Crippen MR) is 122 cm³/mol. The summed E-state index contributed by atoms with van der Waals surface area (Å²) < 4.78 is 13.8. The van der Waals surface area contributed by atoms with Crippen LogP contribution in [0.25, 0.3) is 0 Å². The molecule has 4 nitrogen and oxygen atoms in total. The summed E-state index contributed by atoms with van der Waals surface area (Å²) in [5, 5.41) is 2.97. The van der Waals surface area contributed by atoms with Gasteiger partial charge in [0.1, 0.15) is 11.9 Å². The Balaban J connectivity index is 2.10. The van der Waals surface area contributed by atoms with Gasteiger partial charge in [0, 0.05) is 18.3 Å². The van der Waals surface area contributed by atoms with Crippen molar-refractivity contribution in [3.63, 3.8) is 0 Å². The molecule has 0 bridgehead atoms. The maximum atomic E-state index is 13.8. The normalized spacial score (nSPS) is 12.8. The zero-order chi connectivity index (χ0) is 22.1. The van der Waals surface area contributed by atoms with Crippen LogP contribution in [0.5, 0.6) is 0 Å². The topological polar surface area (TPSA) is 49.4 Å². The average Bonchev–Trinajstić information content (AvgIpc) is 2.73. The number of hydrogen-bond acceptors (Lipinski definition) is 3. The van der Waals surface area contributed by atoms with Crippen LogP contribution in [-0.4, -0.2) is 34.6 Å². The zero-order valence-corrected chi connectivity index (χ0v) is 19.0. The summed E-state index contributed by atoms with van der Waals surface area (Å²) in [6, 6.07) is 13.9. The Morgan fingerprint density at radius 1 is 1.07 bits per heavy atom. The summed E-state index contributed by atoms with van der Waals surface area (Å²) in [6.07, 6.45) is 0.822. The summed E-state index contributed by atoms with van der Waals surface area (Å²) in [5.74, 6) is 0.0258. The maximum absolute atomic E-state index is 13.8. The van der Waals surface area contributed by atoms with E-state index in [4.69, 9.17) is 0 Å². The molecule has 2 aromatic carbocycles. The summed E-state index contributed by atoms with van der Waals surface area (Å²) in [4.78, 5) is 27.4. The molecule has 0 fully saturated rings. The highest BCUT2D eigenvalue weighted by atomic mass is 32.2. The standard InChI is InChI=1S/C24H31FN2O2S/c1-5-18(3)26-24(29)19(4)27(14-20-11-7-6-10-17(20)2)23(28)16-30-15-21-12-8-9-13-22(21)25/h6-13,18-19H,5,14-16H2,1-4H3,(H,26,29)/t18-,19+/m0/s1. The number of nitrogens with one attached hydrogen (secondary N) is 1. The fraction of sp³-hybridized carbons (Fsp3) is 0.417. The highest BCUT2D eigenvalue weighted by Crippen LogP contribution is 2.19. The van der Waals surface area contributed by atoms with Crippen molar-refractivity contribution in [3.8, 4) is 0 Å².